The smallest absolute Gasteiger partial charge is 0.253 e. The molecule has 2 heterocycles. The Balaban J connectivity index is 1.79. The number of hydrogen-bond acceptors (Lipinski definition) is 5. The van der Waals surface area contributed by atoms with Crippen LogP contribution in [0.5, 0.6) is 0 Å². The Hall–Kier alpha value is -1.50. The Morgan fingerprint density at radius 1 is 1.33 bits per heavy atom. The molecule has 0 radical (unpaired) electrons. The summed E-state index contributed by atoms with van der Waals surface area (Å²) < 4.78 is 0. The highest BCUT2D eigenvalue weighted by Gasteiger charge is 2.20. The van der Waals surface area contributed by atoms with Gasteiger partial charge in [0.1, 0.15) is 0 Å². The van der Waals surface area contributed by atoms with Crippen molar-refractivity contribution in [2.45, 2.75) is 6.10 Å². The van der Waals surface area contributed by atoms with Crippen LogP contribution in [0.4, 0.5) is 0 Å². The summed E-state index contributed by atoms with van der Waals surface area (Å²) in [6.45, 7) is 4.94. The van der Waals surface area contributed by atoms with Gasteiger partial charge in [-0.25, -0.2) is 0 Å². The van der Waals surface area contributed by atoms with Gasteiger partial charge in [-0.05, 0) is 19.2 Å². The SMILES string of the molecule is CN1CCN(CC(O)CN(C)C(=O)c2ccncc2)CC1. The molecular formula is C15H24N4O2. The number of likely N-dealkylation sites (N-methyl/N-ethyl adjacent to an activating group) is 2. The molecule has 6 heteroatoms. The molecule has 1 aliphatic heterocycles. The first-order valence-electron chi connectivity index (χ1n) is 7.30. The number of aromatic nitrogens is 1. The topological polar surface area (TPSA) is 59.9 Å². The number of rotatable bonds is 5. The van der Waals surface area contributed by atoms with Crippen LogP contribution in [0.1, 0.15) is 10.4 Å². The van der Waals surface area contributed by atoms with Crippen molar-refractivity contribution in [3.8, 4) is 0 Å². The predicted octanol–water partition coefficient (Wildman–Crippen LogP) is -0.238. The second kappa shape index (κ2) is 7.49. The predicted molar refractivity (Wildman–Crippen MR) is 81.1 cm³/mol. The molecule has 1 atom stereocenters. The van der Waals surface area contributed by atoms with E-state index in [1.54, 1.807) is 36.5 Å². The number of nitrogens with zero attached hydrogens (tertiary/aromatic N) is 4. The first-order valence-corrected chi connectivity index (χ1v) is 7.30. The molecule has 0 spiro atoms. The second-order valence-electron chi connectivity index (χ2n) is 5.68. The highest BCUT2D eigenvalue weighted by Crippen LogP contribution is 2.05. The van der Waals surface area contributed by atoms with Gasteiger partial charge in [0.25, 0.3) is 5.91 Å². The Morgan fingerprint density at radius 2 is 1.95 bits per heavy atom. The van der Waals surface area contributed by atoms with Gasteiger partial charge in [-0.15, -0.1) is 0 Å². The molecule has 1 aromatic rings. The number of carbonyl (C=O) groups is 1. The molecule has 0 bridgehead atoms. The molecule has 1 amide bonds. The molecule has 1 N–H and O–H groups in total. The molecule has 116 valence electrons. The maximum Gasteiger partial charge on any atom is 0.253 e. The van der Waals surface area contributed by atoms with Crippen LogP contribution in [0.15, 0.2) is 24.5 Å². The maximum absolute atomic E-state index is 12.2. The van der Waals surface area contributed by atoms with Crippen LogP contribution in [-0.2, 0) is 0 Å². The largest absolute Gasteiger partial charge is 0.390 e. The molecule has 0 saturated carbocycles. The van der Waals surface area contributed by atoms with Crippen LogP contribution < -0.4 is 0 Å². The number of piperazine rings is 1. The van der Waals surface area contributed by atoms with E-state index in [1.165, 1.54) is 0 Å². The Kier molecular flexibility index (Phi) is 5.67. The van der Waals surface area contributed by atoms with Gasteiger partial charge < -0.3 is 14.9 Å². The third-order valence-electron chi connectivity index (χ3n) is 3.82. The highest BCUT2D eigenvalue weighted by atomic mass is 16.3. The molecule has 6 nitrogen and oxygen atoms in total. The first-order chi connectivity index (χ1) is 10.1. The highest BCUT2D eigenvalue weighted by molar-refractivity contribution is 5.93. The van der Waals surface area contributed by atoms with E-state index in [0.29, 0.717) is 18.7 Å². The summed E-state index contributed by atoms with van der Waals surface area (Å²) in [4.78, 5) is 22.2. The zero-order valence-corrected chi connectivity index (χ0v) is 12.8. The van der Waals surface area contributed by atoms with Crippen molar-refractivity contribution in [2.24, 2.45) is 0 Å². The monoisotopic (exact) mass is 292 g/mol. The van der Waals surface area contributed by atoms with Crippen LogP contribution in [0.2, 0.25) is 0 Å². The Morgan fingerprint density at radius 3 is 2.57 bits per heavy atom. The van der Waals surface area contributed by atoms with E-state index in [0.717, 1.165) is 26.2 Å². The first kappa shape index (κ1) is 15.9. The third kappa shape index (κ3) is 4.77. The fourth-order valence-corrected chi connectivity index (χ4v) is 2.50. The fourth-order valence-electron chi connectivity index (χ4n) is 2.50. The molecule has 1 unspecified atom stereocenters. The van der Waals surface area contributed by atoms with Crippen molar-refractivity contribution in [3.63, 3.8) is 0 Å². The third-order valence-corrected chi connectivity index (χ3v) is 3.82. The number of hydrogen-bond donors (Lipinski definition) is 1. The van der Waals surface area contributed by atoms with E-state index < -0.39 is 6.10 Å². The summed E-state index contributed by atoms with van der Waals surface area (Å²) >= 11 is 0. The number of aliphatic hydroxyl groups is 1. The minimum atomic E-state index is -0.524. The van der Waals surface area contributed by atoms with Gasteiger partial charge >= 0.3 is 0 Å². The van der Waals surface area contributed by atoms with E-state index in [1.807, 2.05) is 0 Å². The summed E-state index contributed by atoms with van der Waals surface area (Å²) in [6, 6.07) is 3.37. The molecule has 1 aliphatic rings. The lowest BCUT2D eigenvalue weighted by molar-refractivity contribution is 0.0501. The van der Waals surface area contributed by atoms with Gasteiger partial charge in [0.15, 0.2) is 0 Å². The van der Waals surface area contributed by atoms with Crippen LogP contribution in [0.3, 0.4) is 0 Å². The maximum atomic E-state index is 12.2. The Labute approximate surface area is 126 Å². The lowest BCUT2D eigenvalue weighted by Crippen LogP contribution is -2.49. The fraction of sp³-hybridized carbons (Fsp3) is 0.600. The van der Waals surface area contributed by atoms with E-state index in [4.69, 9.17) is 0 Å². The van der Waals surface area contributed by atoms with Gasteiger partial charge in [0.05, 0.1) is 6.10 Å². The average Bonchev–Trinajstić information content (AvgIpc) is 2.49. The lowest BCUT2D eigenvalue weighted by Gasteiger charge is -2.34. The minimum Gasteiger partial charge on any atom is -0.390 e. The van der Waals surface area contributed by atoms with Gasteiger partial charge in [0, 0.05) is 64.3 Å². The molecule has 2 rings (SSSR count). The van der Waals surface area contributed by atoms with Crippen LogP contribution in [0, 0.1) is 0 Å². The second-order valence-corrected chi connectivity index (χ2v) is 5.68. The van der Waals surface area contributed by atoms with E-state index in [9.17, 15) is 9.90 Å². The number of β-amino-alcohol motifs (C(OH)–C–C–N with tert-alkyl or cyclic N) is 1. The minimum absolute atomic E-state index is 0.0881. The van der Waals surface area contributed by atoms with Crippen molar-refractivity contribution < 1.29 is 9.90 Å². The Bertz CT molecular complexity index is 446. The number of carbonyl (C=O) groups excluding carboxylic acids is 1. The summed E-state index contributed by atoms with van der Waals surface area (Å²) in [5.41, 5.74) is 0.597. The van der Waals surface area contributed by atoms with Crippen molar-refractivity contribution in [3.05, 3.63) is 30.1 Å². The molecular weight excluding hydrogens is 268 g/mol. The molecule has 21 heavy (non-hydrogen) atoms. The summed E-state index contributed by atoms with van der Waals surface area (Å²) in [6.07, 6.45) is 2.67. The van der Waals surface area contributed by atoms with Gasteiger partial charge in [-0.2, -0.15) is 0 Å². The van der Waals surface area contributed by atoms with Gasteiger partial charge in [0.2, 0.25) is 0 Å². The molecule has 0 aliphatic carbocycles. The molecule has 1 fully saturated rings. The number of amides is 1. The average molecular weight is 292 g/mol. The van der Waals surface area contributed by atoms with Gasteiger partial charge in [-0.3, -0.25) is 14.7 Å². The normalized spacial score (nSPS) is 18.4. The lowest BCUT2D eigenvalue weighted by atomic mass is 10.2. The summed E-state index contributed by atoms with van der Waals surface area (Å²) in [5.74, 6) is -0.0881. The number of pyridine rings is 1. The summed E-state index contributed by atoms with van der Waals surface area (Å²) in [7, 11) is 3.82. The van der Waals surface area contributed by atoms with Crippen LogP contribution >= 0.6 is 0 Å². The van der Waals surface area contributed by atoms with Gasteiger partial charge in [-0.1, -0.05) is 0 Å². The van der Waals surface area contributed by atoms with E-state index in [2.05, 4.69) is 21.8 Å². The zero-order chi connectivity index (χ0) is 15.2. The van der Waals surface area contributed by atoms with Crippen molar-refractivity contribution in [2.75, 3.05) is 53.4 Å². The standard InChI is InChI=1S/C15H24N4O2/c1-17-7-9-19(10-8-17)12-14(20)11-18(2)15(21)13-3-5-16-6-4-13/h3-6,14,20H,7-12H2,1-2H3. The van der Waals surface area contributed by atoms with E-state index in [-0.39, 0.29) is 5.91 Å². The van der Waals surface area contributed by atoms with E-state index >= 15 is 0 Å². The van der Waals surface area contributed by atoms with Crippen molar-refractivity contribution in [1.29, 1.82) is 0 Å². The van der Waals surface area contributed by atoms with Crippen molar-refractivity contribution >= 4 is 5.91 Å². The number of aliphatic hydroxyl groups excluding tert-OH is 1. The quantitative estimate of drug-likeness (QED) is 0.812. The van der Waals surface area contributed by atoms with Crippen LogP contribution in [0.25, 0.3) is 0 Å². The zero-order valence-electron chi connectivity index (χ0n) is 12.8. The molecule has 0 aromatic carbocycles. The van der Waals surface area contributed by atoms with Crippen LogP contribution in [-0.4, -0.2) is 90.2 Å². The summed E-state index contributed by atoms with van der Waals surface area (Å²) in [5, 5.41) is 10.2. The van der Waals surface area contributed by atoms with Crippen molar-refractivity contribution in [1.82, 2.24) is 19.7 Å². The molecule has 1 aromatic heterocycles. The molecule has 1 saturated heterocycles.